The predicted molar refractivity (Wildman–Crippen MR) is 49.1 cm³/mol. The molecule has 0 amide bonds. The van der Waals surface area contributed by atoms with Crippen molar-refractivity contribution in [3.05, 3.63) is 12.2 Å². The standard InChI is InChI=1S/C8H13O4P/c1-4-7(5-2)6(3)8(9)12-13(10)11/h7H,3-5H2,1-2H3/p+1. The monoisotopic (exact) mass is 205 g/mol. The van der Waals surface area contributed by atoms with Crippen LogP contribution in [0.15, 0.2) is 12.2 Å². The first-order valence-corrected chi connectivity index (χ1v) is 5.23. The van der Waals surface area contributed by atoms with Crippen LogP contribution in [0, 0.1) is 5.92 Å². The van der Waals surface area contributed by atoms with Crippen molar-refractivity contribution in [2.75, 3.05) is 0 Å². The first-order chi connectivity index (χ1) is 6.02. The van der Waals surface area contributed by atoms with Crippen LogP contribution in [0.3, 0.4) is 0 Å². The van der Waals surface area contributed by atoms with Crippen LogP contribution in [0.4, 0.5) is 0 Å². The van der Waals surface area contributed by atoms with Gasteiger partial charge in [-0.2, -0.15) is 4.52 Å². The van der Waals surface area contributed by atoms with Crippen LogP contribution in [-0.2, 0) is 13.9 Å². The third-order valence-electron chi connectivity index (χ3n) is 1.90. The molecule has 0 aliphatic rings. The van der Waals surface area contributed by atoms with Crippen molar-refractivity contribution in [2.45, 2.75) is 26.7 Å². The van der Waals surface area contributed by atoms with Crippen molar-refractivity contribution in [1.82, 2.24) is 0 Å². The average Bonchev–Trinajstić information content (AvgIpc) is 2.05. The Balaban J connectivity index is 4.24. The minimum Gasteiger partial charge on any atom is -0.241 e. The molecule has 0 bridgehead atoms. The summed E-state index contributed by atoms with van der Waals surface area (Å²) in [5, 5.41) is 0. The molecule has 0 rings (SSSR count). The Morgan fingerprint density at radius 3 is 2.31 bits per heavy atom. The Bertz CT molecular complexity index is 220. The molecule has 13 heavy (non-hydrogen) atoms. The highest BCUT2D eigenvalue weighted by molar-refractivity contribution is 7.32. The average molecular weight is 205 g/mol. The fraction of sp³-hybridized carbons (Fsp3) is 0.625. The summed E-state index contributed by atoms with van der Waals surface area (Å²) in [5.74, 6) is -0.750. The largest absolute Gasteiger partial charge is 0.750 e. The molecule has 4 nitrogen and oxygen atoms in total. The first kappa shape index (κ1) is 12.3. The summed E-state index contributed by atoms with van der Waals surface area (Å²) in [7, 11) is -2.87. The van der Waals surface area contributed by atoms with Gasteiger partial charge in [-0.3, -0.25) is 0 Å². The first-order valence-electron chi connectivity index (χ1n) is 4.10. The summed E-state index contributed by atoms with van der Waals surface area (Å²) in [4.78, 5) is 19.4. The molecule has 0 saturated heterocycles. The normalized spacial score (nSPS) is 11.2. The van der Waals surface area contributed by atoms with Gasteiger partial charge in [0.1, 0.15) is 0 Å². The van der Waals surface area contributed by atoms with Gasteiger partial charge in [-0.15, -0.1) is 4.89 Å². The van der Waals surface area contributed by atoms with Gasteiger partial charge in [0.15, 0.2) is 0 Å². The molecule has 0 radical (unpaired) electrons. The van der Waals surface area contributed by atoms with Crippen LogP contribution in [0.2, 0.25) is 0 Å². The third-order valence-corrected chi connectivity index (χ3v) is 2.22. The zero-order chi connectivity index (χ0) is 10.4. The van der Waals surface area contributed by atoms with E-state index in [9.17, 15) is 9.36 Å². The van der Waals surface area contributed by atoms with E-state index in [0.717, 1.165) is 12.8 Å². The zero-order valence-corrected chi connectivity index (χ0v) is 8.71. The summed E-state index contributed by atoms with van der Waals surface area (Å²) in [6, 6.07) is 0. The molecule has 0 aliphatic heterocycles. The molecule has 0 heterocycles. The van der Waals surface area contributed by atoms with Gasteiger partial charge in [-0.1, -0.05) is 20.4 Å². The summed E-state index contributed by atoms with van der Waals surface area (Å²) < 4.78 is 14.3. The smallest absolute Gasteiger partial charge is 0.241 e. The number of rotatable bonds is 5. The molecule has 5 heteroatoms. The molecular weight excluding hydrogens is 191 g/mol. The summed E-state index contributed by atoms with van der Waals surface area (Å²) in [5.41, 5.74) is 0.266. The minimum atomic E-state index is -2.87. The van der Waals surface area contributed by atoms with Gasteiger partial charge in [0, 0.05) is 10.1 Å². The lowest BCUT2D eigenvalue weighted by Gasteiger charge is -2.10. The van der Waals surface area contributed by atoms with Crippen molar-refractivity contribution in [2.24, 2.45) is 5.92 Å². The quantitative estimate of drug-likeness (QED) is 0.551. The molecule has 0 spiro atoms. The van der Waals surface area contributed by atoms with E-state index < -0.39 is 14.2 Å². The Morgan fingerprint density at radius 2 is 2.00 bits per heavy atom. The topological polar surface area (TPSA) is 63.6 Å². The van der Waals surface area contributed by atoms with Crippen LogP contribution in [0.5, 0.6) is 0 Å². The van der Waals surface area contributed by atoms with Crippen molar-refractivity contribution in [3.63, 3.8) is 0 Å². The zero-order valence-electron chi connectivity index (χ0n) is 7.82. The van der Waals surface area contributed by atoms with Crippen LogP contribution in [-0.4, -0.2) is 10.9 Å². The maximum atomic E-state index is 11.0. The van der Waals surface area contributed by atoms with Crippen molar-refractivity contribution in [3.8, 4) is 0 Å². The molecule has 1 unspecified atom stereocenters. The van der Waals surface area contributed by atoms with Crippen LogP contribution < -0.4 is 0 Å². The Morgan fingerprint density at radius 1 is 1.54 bits per heavy atom. The fourth-order valence-electron chi connectivity index (χ4n) is 1.08. The third kappa shape index (κ3) is 4.15. The van der Waals surface area contributed by atoms with Crippen molar-refractivity contribution in [1.29, 1.82) is 0 Å². The van der Waals surface area contributed by atoms with Gasteiger partial charge in [0.25, 0.3) is 0 Å². The highest BCUT2D eigenvalue weighted by Crippen LogP contribution is 2.23. The predicted octanol–water partition coefficient (Wildman–Crippen LogP) is 2.17. The molecule has 0 aromatic carbocycles. The lowest BCUT2D eigenvalue weighted by Crippen LogP contribution is -2.11. The summed E-state index contributed by atoms with van der Waals surface area (Å²) >= 11 is 0. The van der Waals surface area contributed by atoms with E-state index in [0.29, 0.717) is 0 Å². The van der Waals surface area contributed by atoms with E-state index in [-0.39, 0.29) is 11.5 Å². The SMILES string of the molecule is C=C(C(=O)O[P+](=O)O)C(CC)CC. The van der Waals surface area contributed by atoms with E-state index >= 15 is 0 Å². The van der Waals surface area contributed by atoms with E-state index in [1.54, 1.807) is 0 Å². The molecule has 1 atom stereocenters. The molecule has 1 N–H and O–H groups in total. The maximum absolute atomic E-state index is 11.0. The lowest BCUT2D eigenvalue weighted by atomic mass is 9.95. The Kier molecular flexibility index (Phi) is 5.51. The second-order valence-electron chi connectivity index (χ2n) is 2.66. The number of hydrogen-bond acceptors (Lipinski definition) is 3. The second kappa shape index (κ2) is 5.84. The summed E-state index contributed by atoms with van der Waals surface area (Å²) in [6.45, 7) is 7.38. The number of hydrogen-bond donors (Lipinski definition) is 1. The van der Waals surface area contributed by atoms with Gasteiger partial charge < -0.3 is 0 Å². The van der Waals surface area contributed by atoms with Gasteiger partial charge >= 0.3 is 14.2 Å². The lowest BCUT2D eigenvalue weighted by molar-refractivity contribution is -0.130. The highest BCUT2D eigenvalue weighted by Gasteiger charge is 2.26. The van der Waals surface area contributed by atoms with Crippen molar-refractivity contribution >= 4 is 14.2 Å². The van der Waals surface area contributed by atoms with E-state index in [1.165, 1.54) is 0 Å². The van der Waals surface area contributed by atoms with E-state index in [1.807, 2.05) is 13.8 Å². The van der Waals surface area contributed by atoms with Gasteiger partial charge in [0.2, 0.25) is 0 Å². The fourth-order valence-corrected chi connectivity index (χ4v) is 1.34. The molecule has 0 aromatic heterocycles. The van der Waals surface area contributed by atoms with Gasteiger partial charge in [0.05, 0.1) is 0 Å². The van der Waals surface area contributed by atoms with E-state index in [2.05, 4.69) is 11.1 Å². The molecule has 74 valence electrons. The molecule has 0 fully saturated rings. The molecule has 0 aliphatic carbocycles. The van der Waals surface area contributed by atoms with Crippen LogP contribution >= 0.6 is 8.25 Å². The second-order valence-corrected chi connectivity index (χ2v) is 3.31. The Labute approximate surface area is 78.6 Å². The highest BCUT2D eigenvalue weighted by atomic mass is 31.1. The van der Waals surface area contributed by atoms with Gasteiger partial charge in [-0.25, -0.2) is 4.79 Å². The van der Waals surface area contributed by atoms with Crippen LogP contribution in [0.1, 0.15) is 26.7 Å². The maximum Gasteiger partial charge on any atom is 0.750 e. The number of carbonyl (C=O) groups excluding carboxylic acids is 1. The van der Waals surface area contributed by atoms with Gasteiger partial charge in [-0.05, 0) is 18.8 Å². The minimum absolute atomic E-state index is 0.0300. The Hall–Kier alpha value is -0.730. The molecular formula is C8H14O4P+. The molecule has 0 saturated carbocycles. The van der Waals surface area contributed by atoms with E-state index in [4.69, 9.17) is 4.89 Å². The van der Waals surface area contributed by atoms with Crippen LogP contribution in [0.25, 0.3) is 0 Å². The number of carbonyl (C=O) groups is 1. The molecule has 0 aromatic rings. The van der Waals surface area contributed by atoms with Crippen molar-refractivity contribution < 1.29 is 18.8 Å². The summed E-state index contributed by atoms with van der Waals surface area (Å²) in [6.07, 6.45) is 1.54.